The number of H-pyrrole nitrogens is 2. The molecule has 6 aliphatic rings. The minimum absolute atomic E-state index is 0.0482. The van der Waals surface area contributed by atoms with Gasteiger partial charge in [0.05, 0.1) is 77.9 Å². The molecule has 136 heavy (non-hydrogen) atoms. The number of halogens is 8. The Balaban J connectivity index is 0.000000181. The van der Waals surface area contributed by atoms with Crippen LogP contribution in [0.25, 0.3) is 0 Å². The maximum Gasteiger partial charge on any atom is 0.410 e. The molecule has 16 rings (SSSR count). The number of ketones is 2. The van der Waals surface area contributed by atoms with E-state index in [2.05, 4.69) is 141 Å². The van der Waals surface area contributed by atoms with Crippen molar-refractivity contribution in [2.24, 2.45) is 11.8 Å². The van der Waals surface area contributed by atoms with Crippen molar-refractivity contribution < 1.29 is 79.9 Å². The zero-order valence-corrected chi connectivity index (χ0v) is 82.8. The lowest BCUT2D eigenvalue weighted by Crippen LogP contribution is -2.52. The Morgan fingerprint density at radius 1 is 0.500 bits per heavy atom. The van der Waals surface area contributed by atoms with Gasteiger partial charge in [-0.1, -0.05) is 107 Å². The maximum atomic E-state index is 14.5. The molecule has 10 aromatic rings. The zero-order valence-electron chi connectivity index (χ0n) is 76.5. The van der Waals surface area contributed by atoms with Crippen molar-refractivity contribution in [3.63, 3.8) is 0 Å². The van der Waals surface area contributed by atoms with Gasteiger partial charge in [0.15, 0.2) is 0 Å². The van der Waals surface area contributed by atoms with Crippen molar-refractivity contribution in [3.05, 3.63) is 257 Å². The Labute approximate surface area is 818 Å². The lowest BCUT2D eigenvalue weighted by Gasteiger charge is -2.40. The highest BCUT2D eigenvalue weighted by Gasteiger charge is 2.48. The summed E-state index contributed by atoms with van der Waals surface area (Å²) in [6.45, 7) is 19.0. The number of carbonyl (C=O) groups is 6. The molecule has 6 fully saturated rings. The standard InChI is InChI=1S/C21H25F2N5O3.C21H25N3O4.C12H15BrN2O2.C11H9BrN2O.C10H17NO3.C9H11F2N3O.C7H8O.C4H2Br2N2/c1-13(20(30)25-18-6-4-15(10-24-18)31-12-14-2-3-14)28-9-8-21(22,23)16(11-28)17-5-7-19(29)27-26-17;1-21(2,3)28-20(26)24-12-11-18(25)16(13-24)17-9-10-19(23-22-17)27-14-15-7-5-4-6-8-15;1-8(13)12(16)15-11-5-4-10(6-14-11)17-7-9-2-3-9;12-10-6-7-11(14-13-10)15-8-9-4-2-1-3-5-9;1-10(2,3)14-9(13)11-6-4-8(12)5-7-11;10-9(11)3-4-12-5-6(9)7-1-2-8(15)14-13-7;8-6-7-4-2-1-3-5-7;5-3-1-2-4(6)8-7-3/h4-7,10,13-14,16H,2-3,8-9,11-12H2,1H3,(H,27,29)(H,24,25,30);4-10,16H,11-14H2,1-3H3;4-6,8-9H,2-3,7H2,1H3,(H,14,15,16);1-7H,8H2;4-7H2,1-3H3;1-2,6,12H,3-5H2,(H,14,15);1-5,8H,6H2;1-2H/t13-,16+;;;;;;;/m0......./s1. The number of aromatic amines is 2. The van der Waals surface area contributed by atoms with Crippen molar-refractivity contribution in [1.29, 1.82) is 0 Å². The van der Waals surface area contributed by atoms with Crippen LogP contribution in [0.4, 0.5) is 38.8 Å². The third-order valence-electron chi connectivity index (χ3n) is 20.7. The number of ether oxygens (including phenoxy) is 6. The van der Waals surface area contributed by atoms with E-state index in [9.17, 15) is 55.9 Å². The average molecular weight is 2140 g/mol. The second-order valence-corrected chi connectivity index (χ2v) is 37.9. The fourth-order valence-electron chi connectivity index (χ4n) is 12.7. The molecule has 7 aromatic heterocycles. The number of piperidine rings is 4. The summed E-state index contributed by atoms with van der Waals surface area (Å²) in [4.78, 5) is 106. The molecular weight excluding hydrogens is 2030 g/mol. The van der Waals surface area contributed by atoms with Gasteiger partial charge in [0, 0.05) is 109 Å². The van der Waals surface area contributed by atoms with Crippen molar-refractivity contribution in [2.45, 2.75) is 185 Å². The zero-order chi connectivity index (χ0) is 98.4. The van der Waals surface area contributed by atoms with Crippen LogP contribution < -0.4 is 46.0 Å². The van der Waals surface area contributed by atoms with Crippen LogP contribution in [0.2, 0.25) is 0 Å². The fraction of sp³-hybridized carbons (Fsp3) is 0.432. The number of benzene rings is 3. The molecule has 3 aromatic carbocycles. The minimum atomic E-state index is -2.98. The third-order valence-corrected chi connectivity index (χ3v) is 22.3. The second-order valence-electron chi connectivity index (χ2n) is 34.1. The lowest BCUT2D eigenvalue weighted by atomic mass is 9.89. The van der Waals surface area contributed by atoms with E-state index in [1.54, 1.807) is 83.4 Å². The monoisotopic (exact) mass is 2140 g/mol. The summed E-state index contributed by atoms with van der Waals surface area (Å²) in [7, 11) is 0. The van der Waals surface area contributed by atoms with Crippen LogP contribution in [-0.4, -0.2) is 216 Å². The molecule has 5 atom stereocenters. The number of carbonyl (C=O) groups excluding carboxylic acids is 6. The predicted octanol–water partition coefficient (Wildman–Crippen LogP) is 16.4. The Bertz CT molecular complexity index is 5430. The molecule has 41 heteroatoms. The van der Waals surface area contributed by atoms with Gasteiger partial charge in [0.1, 0.15) is 72.9 Å². The predicted molar refractivity (Wildman–Crippen MR) is 514 cm³/mol. The van der Waals surface area contributed by atoms with E-state index < -0.39 is 64.9 Å². The second kappa shape index (κ2) is 53.9. The molecule has 2 saturated carbocycles. The lowest BCUT2D eigenvalue weighted by molar-refractivity contribution is -0.126. The Kier molecular flexibility index (Phi) is 42.8. The van der Waals surface area contributed by atoms with Crippen molar-refractivity contribution in [2.75, 3.05) is 76.2 Å². The topological polar surface area (TPSA) is 418 Å². The largest absolute Gasteiger partial charge is 0.492 e. The Hall–Kier alpha value is -11.5. The summed E-state index contributed by atoms with van der Waals surface area (Å²) < 4.78 is 91.1. The summed E-state index contributed by atoms with van der Waals surface area (Å²) in [5.41, 5.74) is 2.10. The van der Waals surface area contributed by atoms with E-state index in [1.165, 1.54) is 49.9 Å². The van der Waals surface area contributed by atoms with Crippen LogP contribution >= 0.6 is 63.7 Å². The number of amides is 4. The smallest absolute Gasteiger partial charge is 0.410 e. The molecule has 4 saturated heterocycles. The van der Waals surface area contributed by atoms with E-state index in [-0.39, 0.29) is 96.9 Å². The van der Waals surface area contributed by atoms with Crippen molar-refractivity contribution in [3.8, 4) is 23.3 Å². The number of rotatable bonds is 21. The number of aliphatic hydroxyl groups excluding tert-OH is 1. The van der Waals surface area contributed by atoms with Gasteiger partial charge in [-0.2, -0.15) is 15.3 Å². The number of aromatic nitrogens is 12. The first kappa shape index (κ1) is 108. The number of hydrogen-bond donors (Lipinski definition) is 6. The van der Waals surface area contributed by atoms with E-state index in [0.717, 1.165) is 44.2 Å². The van der Waals surface area contributed by atoms with Gasteiger partial charge >= 0.3 is 12.2 Å². The number of anilines is 2. The van der Waals surface area contributed by atoms with E-state index in [0.29, 0.717) is 104 Å². The van der Waals surface area contributed by atoms with Gasteiger partial charge in [-0.3, -0.25) is 33.7 Å². The van der Waals surface area contributed by atoms with Crippen LogP contribution in [0.1, 0.15) is 165 Å². The third kappa shape index (κ3) is 39.7. The van der Waals surface area contributed by atoms with Crippen LogP contribution in [0, 0.1) is 11.8 Å². The van der Waals surface area contributed by atoms with Crippen LogP contribution in [0.5, 0.6) is 23.3 Å². The number of pyridine rings is 2. The number of Topliss-reactive ketones (excluding diaryl/α,β-unsaturated/α-hetero) is 2. The maximum absolute atomic E-state index is 14.5. The number of likely N-dealkylation sites (tertiary alicyclic amines) is 3. The summed E-state index contributed by atoms with van der Waals surface area (Å²) in [5, 5.41) is 52.0. The molecule has 11 heterocycles. The normalized spacial score (nSPS) is 17.4. The van der Waals surface area contributed by atoms with Crippen molar-refractivity contribution in [1.82, 2.24) is 81.0 Å². The van der Waals surface area contributed by atoms with Gasteiger partial charge < -0.3 is 59.3 Å². The highest BCUT2D eigenvalue weighted by atomic mass is 79.9. The first-order valence-electron chi connectivity index (χ1n) is 44.0. The highest BCUT2D eigenvalue weighted by Crippen LogP contribution is 2.41. The number of nitrogens with one attached hydrogen (secondary N) is 5. The summed E-state index contributed by atoms with van der Waals surface area (Å²) in [6, 6.07) is 51.2. The van der Waals surface area contributed by atoms with Gasteiger partial charge in [0.25, 0.3) is 23.0 Å². The molecule has 3 unspecified atom stereocenters. The summed E-state index contributed by atoms with van der Waals surface area (Å²) in [5.74, 6) is -3.98. The van der Waals surface area contributed by atoms with Crippen LogP contribution in [0.3, 0.4) is 0 Å². The SMILES string of the molecule is Brc1ccc(Br)nn1.Brc1ccc(OCc2ccccc2)nn1.CC(Br)C(=O)Nc1ccc(OCC2CC2)cn1.CC(C)(C)OC(=O)N1CCC(=O)C(c2ccc(OCc3ccccc3)nn2)C1.CC(C)(C)OC(=O)N1CCC(=O)CC1.C[C@@H](C(=O)Nc1ccc(OCC2CC2)cn1)N1CCC(F)(F)[C@@H](c2ccc(=O)[nH]n2)C1.O=c1ccc(C2CNCCC2(F)F)n[nH]1.OCc1ccccc1. The first-order valence-corrected chi connectivity index (χ1v) is 47.3. The van der Waals surface area contributed by atoms with Gasteiger partial charge in [-0.15, -0.1) is 25.5 Å². The number of alkyl halides is 5. The molecular formula is C95H112Br4F4N18O15. The average Bonchev–Trinajstić information content (AvgIpc) is 1.15. The van der Waals surface area contributed by atoms with E-state index in [1.807, 2.05) is 151 Å². The van der Waals surface area contributed by atoms with Crippen LogP contribution in [0.15, 0.2) is 212 Å². The van der Waals surface area contributed by atoms with Gasteiger partial charge in [-0.05, 0) is 218 Å². The molecule has 2 aliphatic carbocycles. The molecule has 0 spiro atoms. The van der Waals surface area contributed by atoms with E-state index in [4.69, 9.17) is 33.5 Å². The molecule has 4 amide bonds. The molecule has 6 N–H and O–H groups in total. The highest BCUT2D eigenvalue weighted by molar-refractivity contribution is 9.11. The minimum Gasteiger partial charge on any atom is -0.492 e. The van der Waals surface area contributed by atoms with E-state index >= 15 is 0 Å². The number of aliphatic hydroxyl groups is 1. The number of hydrogen-bond acceptors (Lipinski definition) is 27. The Morgan fingerprint density at radius 2 is 0.941 bits per heavy atom. The fourth-order valence-corrected chi connectivity index (χ4v) is 13.4. The summed E-state index contributed by atoms with van der Waals surface area (Å²) >= 11 is 12.7. The van der Waals surface area contributed by atoms with Gasteiger partial charge in [0.2, 0.25) is 23.6 Å². The molecule has 4 aliphatic heterocycles. The number of nitrogens with zero attached hydrogens (tertiary/aromatic N) is 13. The Morgan fingerprint density at radius 3 is 1.35 bits per heavy atom. The first-order chi connectivity index (χ1) is 64.8. The quantitative estimate of drug-likeness (QED) is 0.0287. The molecule has 33 nitrogen and oxygen atoms in total. The summed E-state index contributed by atoms with van der Waals surface area (Å²) in [6.07, 6.45) is 7.98. The van der Waals surface area contributed by atoms with Crippen molar-refractivity contribution >= 4 is 111 Å². The molecule has 0 radical (unpaired) electrons. The van der Waals surface area contributed by atoms with Gasteiger partial charge in [-0.25, -0.2) is 47.3 Å². The molecule has 728 valence electrons. The van der Waals surface area contributed by atoms with Crippen LogP contribution in [-0.2, 0) is 48.5 Å². The molecule has 0 bridgehead atoms.